The van der Waals surface area contributed by atoms with E-state index in [1.165, 1.54) is 16.7 Å². The molecule has 5 rings (SSSR count). The van der Waals surface area contributed by atoms with Crippen LogP contribution in [0.4, 0.5) is 0 Å². The third-order valence-electron chi connectivity index (χ3n) is 6.27. The van der Waals surface area contributed by atoms with E-state index in [1.54, 1.807) is 11.1 Å². The van der Waals surface area contributed by atoms with Gasteiger partial charge in [-0.15, -0.1) is 0 Å². The Labute approximate surface area is 199 Å². The van der Waals surface area contributed by atoms with Crippen molar-refractivity contribution in [3.8, 4) is 17.1 Å². The Balaban J connectivity index is 1.25. The topological polar surface area (TPSA) is 83.7 Å². The molecule has 2 aliphatic rings. The Morgan fingerprint density at radius 2 is 1.91 bits per heavy atom. The highest BCUT2D eigenvalue weighted by Gasteiger charge is 2.40. The first kappa shape index (κ1) is 22.2. The van der Waals surface area contributed by atoms with Gasteiger partial charge in [-0.25, -0.2) is 5.43 Å². The second-order valence-corrected chi connectivity index (χ2v) is 9.15. The molecule has 8 heteroatoms. The van der Waals surface area contributed by atoms with Crippen molar-refractivity contribution >= 4 is 5.91 Å². The molecule has 34 heavy (non-hydrogen) atoms. The molecule has 1 fully saturated rings. The predicted molar refractivity (Wildman–Crippen MR) is 127 cm³/mol. The zero-order valence-corrected chi connectivity index (χ0v) is 19.9. The molecular formula is C26H29N5O3. The number of aryl methyl sites for hydroxylation is 2. The molecule has 2 unspecified atom stereocenters. The summed E-state index contributed by atoms with van der Waals surface area (Å²) < 4.78 is 11.1. The molecule has 1 N–H and O–H groups in total. The van der Waals surface area contributed by atoms with Crippen LogP contribution in [0.15, 0.2) is 59.4 Å². The maximum Gasteiger partial charge on any atom is 0.251 e. The summed E-state index contributed by atoms with van der Waals surface area (Å²) in [6.45, 7) is 8.42. The van der Waals surface area contributed by atoms with Crippen molar-refractivity contribution in [2.45, 2.75) is 58.8 Å². The third kappa shape index (κ3) is 4.41. The molecule has 1 amide bonds. The molecule has 2 atom stereocenters. The van der Waals surface area contributed by atoms with Crippen LogP contribution in [-0.4, -0.2) is 38.1 Å². The van der Waals surface area contributed by atoms with Gasteiger partial charge in [-0.05, 0) is 75.1 Å². The number of carbonyl (C=O) groups excluding carboxylic acids is 1. The number of carbonyl (C=O) groups is 1. The first-order chi connectivity index (χ1) is 16.4. The Hall–Kier alpha value is -3.65. The van der Waals surface area contributed by atoms with Gasteiger partial charge in [0.2, 0.25) is 11.7 Å². The van der Waals surface area contributed by atoms with Crippen LogP contribution >= 0.6 is 0 Å². The smallest absolute Gasteiger partial charge is 0.251 e. The van der Waals surface area contributed by atoms with Crippen LogP contribution in [0, 0.1) is 13.8 Å². The summed E-state index contributed by atoms with van der Waals surface area (Å²) in [4.78, 5) is 19.3. The van der Waals surface area contributed by atoms with Crippen LogP contribution in [0.25, 0.3) is 11.4 Å². The third-order valence-corrected chi connectivity index (χ3v) is 6.27. The highest BCUT2D eigenvalue weighted by molar-refractivity contribution is 5.84. The number of hydrogen-bond acceptors (Lipinski definition) is 7. The van der Waals surface area contributed by atoms with Gasteiger partial charge in [0.05, 0.1) is 12.1 Å². The fraction of sp³-hybridized carbons (Fsp3) is 0.346. The number of fused-ring (bicyclic) bond motifs is 1. The van der Waals surface area contributed by atoms with Crippen LogP contribution in [0.5, 0.6) is 5.75 Å². The highest BCUT2D eigenvalue weighted by Crippen LogP contribution is 2.32. The second kappa shape index (κ2) is 8.95. The molecule has 0 aliphatic carbocycles. The van der Waals surface area contributed by atoms with Gasteiger partial charge in [0.1, 0.15) is 18.3 Å². The lowest BCUT2D eigenvalue weighted by Gasteiger charge is -2.30. The maximum absolute atomic E-state index is 13.2. The summed E-state index contributed by atoms with van der Waals surface area (Å²) in [6, 6.07) is 13.8. The first-order valence-corrected chi connectivity index (χ1v) is 11.6. The average molecular weight is 460 g/mol. The van der Waals surface area contributed by atoms with E-state index in [9.17, 15) is 4.79 Å². The number of hydrazine groups is 1. The summed E-state index contributed by atoms with van der Waals surface area (Å²) in [5, 5.41) is 5.99. The molecule has 3 aromatic rings. The predicted octanol–water partition coefficient (Wildman–Crippen LogP) is 4.27. The first-order valence-electron chi connectivity index (χ1n) is 11.6. The second-order valence-electron chi connectivity index (χ2n) is 9.15. The minimum atomic E-state index is -0.271. The van der Waals surface area contributed by atoms with Crippen molar-refractivity contribution in [3.63, 3.8) is 0 Å². The van der Waals surface area contributed by atoms with Gasteiger partial charge in [0.25, 0.3) is 5.91 Å². The molecule has 0 bridgehead atoms. The van der Waals surface area contributed by atoms with Gasteiger partial charge in [-0.3, -0.25) is 4.79 Å². The molecule has 0 spiro atoms. The molecule has 3 heterocycles. The van der Waals surface area contributed by atoms with Crippen molar-refractivity contribution in [2.24, 2.45) is 0 Å². The van der Waals surface area contributed by atoms with Crippen molar-refractivity contribution in [3.05, 3.63) is 77.4 Å². The molecule has 1 aromatic heterocycles. The fourth-order valence-electron chi connectivity index (χ4n) is 4.30. The van der Waals surface area contributed by atoms with Gasteiger partial charge < -0.3 is 19.2 Å². The van der Waals surface area contributed by atoms with E-state index in [2.05, 4.69) is 47.6 Å². The Morgan fingerprint density at radius 1 is 1.12 bits per heavy atom. The fourth-order valence-corrected chi connectivity index (χ4v) is 4.30. The van der Waals surface area contributed by atoms with Gasteiger partial charge in [-0.2, -0.15) is 4.98 Å². The van der Waals surface area contributed by atoms with E-state index in [4.69, 9.17) is 9.26 Å². The zero-order chi connectivity index (χ0) is 23.8. The monoisotopic (exact) mass is 459 g/mol. The van der Waals surface area contributed by atoms with E-state index in [0.717, 1.165) is 11.3 Å². The Bertz CT molecular complexity index is 1220. The minimum Gasteiger partial charge on any atom is -0.491 e. The van der Waals surface area contributed by atoms with Crippen molar-refractivity contribution in [1.82, 2.24) is 25.5 Å². The Kier molecular flexibility index (Phi) is 5.83. The van der Waals surface area contributed by atoms with Crippen molar-refractivity contribution in [1.29, 1.82) is 0 Å². The van der Waals surface area contributed by atoms with Crippen LogP contribution in [0.1, 0.15) is 48.9 Å². The van der Waals surface area contributed by atoms with Crippen molar-refractivity contribution < 1.29 is 14.1 Å². The zero-order valence-electron chi connectivity index (χ0n) is 19.9. The van der Waals surface area contributed by atoms with Crippen LogP contribution in [-0.2, 0) is 11.3 Å². The summed E-state index contributed by atoms with van der Waals surface area (Å²) in [5.41, 5.74) is 7.99. The summed E-state index contributed by atoms with van der Waals surface area (Å²) in [6.07, 6.45) is 4.47. The molecule has 0 saturated carbocycles. The number of hydrogen-bond donors (Lipinski definition) is 1. The van der Waals surface area contributed by atoms with Gasteiger partial charge in [0.15, 0.2) is 0 Å². The molecule has 8 nitrogen and oxygen atoms in total. The molecule has 2 aromatic carbocycles. The number of ether oxygens (including phenoxy) is 1. The summed E-state index contributed by atoms with van der Waals surface area (Å²) >= 11 is 0. The molecular weight excluding hydrogens is 430 g/mol. The van der Waals surface area contributed by atoms with Crippen LogP contribution < -0.4 is 10.2 Å². The quantitative estimate of drug-likeness (QED) is 0.589. The number of nitrogens with one attached hydrogen (secondary N) is 1. The number of benzene rings is 2. The number of nitrogens with zero attached hydrogens (tertiary/aromatic N) is 4. The molecule has 2 aliphatic heterocycles. The largest absolute Gasteiger partial charge is 0.491 e. The van der Waals surface area contributed by atoms with Gasteiger partial charge in [0, 0.05) is 18.0 Å². The lowest BCUT2D eigenvalue weighted by Crippen LogP contribution is -2.47. The van der Waals surface area contributed by atoms with Gasteiger partial charge in [-0.1, -0.05) is 23.4 Å². The van der Waals surface area contributed by atoms with E-state index < -0.39 is 0 Å². The van der Waals surface area contributed by atoms with Crippen molar-refractivity contribution in [2.75, 3.05) is 0 Å². The highest BCUT2D eigenvalue weighted by atomic mass is 16.5. The standard InChI is InChI=1S/C26H29N5O3/c1-16(2)33-21-9-7-19(8-10-21)25-27-24(34-29-25)15-30-11-12-31-23(26(30)32)14-22(28-31)20-6-5-17(3)18(4)13-20/h5-13,16,22-23,28H,14-15H2,1-4H3. The normalized spacial score (nSPS) is 19.7. The minimum absolute atomic E-state index is 0.0104. The molecule has 0 radical (unpaired) electrons. The lowest BCUT2D eigenvalue weighted by molar-refractivity contribution is -0.135. The van der Waals surface area contributed by atoms with Crippen LogP contribution in [0.3, 0.4) is 0 Å². The van der Waals surface area contributed by atoms with E-state index >= 15 is 0 Å². The lowest BCUT2D eigenvalue weighted by atomic mass is 9.97. The maximum atomic E-state index is 13.2. The number of amides is 1. The van der Waals surface area contributed by atoms with E-state index in [1.807, 2.05) is 49.3 Å². The van der Waals surface area contributed by atoms with Crippen LogP contribution in [0.2, 0.25) is 0 Å². The number of rotatable bonds is 6. The molecule has 1 saturated heterocycles. The summed E-state index contributed by atoms with van der Waals surface area (Å²) in [5.74, 6) is 1.68. The number of aromatic nitrogens is 2. The van der Waals surface area contributed by atoms with E-state index in [0.29, 0.717) is 18.1 Å². The molecule has 176 valence electrons. The SMILES string of the molecule is Cc1ccc(C2CC3C(=O)N(Cc4nc(-c5ccc(OC(C)C)cc5)no4)C=CN3N2)cc1C. The van der Waals surface area contributed by atoms with Gasteiger partial charge >= 0.3 is 0 Å². The Morgan fingerprint density at radius 3 is 2.65 bits per heavy atom. The van der Waals surface area contributed by atoms with E-state index in [-0.39, 0.29) is 30.6 Å². The summed E-state index contributed by atoms with van der Waals surface area (Å²) in [7, 11) is 0. The average Bonchev–Trinajstić information content (AvgIpc) is 3.45.